The number of esters is 1. The zero-order valence-corrected chi connectivity index (χ0v) is 9.86. The first-order chi connectivity index (χ1) is 8.20. The molecule has 1 aliphatic rings. The van der Waals surface area contributed by atoms with E-state index in [1.54, 1.807) is 12.1 Å². The molecule has 3 nitrogen and oxygen atoms in total. The fraction of sp³-hybridized carbons (Fsp3) is 0.462. The first-order valence-corrected chi connectivity index (χ1v) is 5.74. The van der Waals surface area contributed by atoms with E-state index in [-0.39, 0.29) is 17.7 Å². The van der Waals surface area contributed by atoms with Gasteiger partial charge in [-0.3, -0.25) is 9.69 Å². The molecule has 1 aromatic carbocycles. The minimum atomic E-state index is -0.186. The van der Waals surface area contributed by atoms with Crippen molar-refractivity contribution in [2.24, 2.45) is 5.92 Å². The van der Waals surface area contributed by atoms with E-state index in [0.29, 0.717) is 18.7 Å². The van der Waals surface area contributed by atoms with E-state index >= 15 is 0 Å². The Labute approximate surface area is 100 Å². The molecule has 1 unspecified atom stereocenters. The van der Waals surface area contributed by atoms with Crippen LogP contribution >= 0.6 is 0 Å². The lowest BCUT2D eigenvalue weighted by molar-refractivity contribution is -0.144. The van der Waals surface area contributed by atoms with Gasteiger partial charge in [0.05, 0.1) is 13.0 Å². The third kappa shape index (κ3) is 2.82. The Hall–Kier alpha value is -1.42. The van der Waals surface area contributed by atoms with Gasteiger partial charge in [-0.2, -0.15) is 0 Å². The number of nitrogens with zero attached hydrogens (tertiary/aromatic N) is 1. The SMILES string of the molecule is COC(=O)C1CCN(Cc2ccccc2F)C1. The number of likely N-dealkylation sites (tertiary alicyclic amines) is 1. The van der Waals surface area contributed by atoms with Crippen molar-refractivity contribution < 1.29 is 13.9 Å². The second-order valence-corrected chi connectivity index (χ2v) is 4.34. The van der Waals surface area contributed by atoms with Gasteiger partial charge in [-0.1, -0.05) is 18.2 Å². The van der Waals surface area contributed by atoms with Crippen LogP contribution in [-0.2, 0) is 16.1 Å². The third-order valence-electron chi connectivity index (χ3n) is 3.16. The van der Waals surface area contributed by atoms with E-state index in [9.17, 15) is 9.18 Å². The van der Waals surface area contributed by atoms with E-state index in [4.69, 9.17) is 4.74 Å². The highest BCUT2D eigenvalue weighted by molar-refractivity contribution is 5.72. The molecule has 0 bridgehead atoms. The molecule has 0 spiro atoms. The molecule has 4 heteroatoms. The van der Waals surface area contributed by atoms with Gasteiger partial charge >= 0.3 is 5.97 Å². The second kappa shape index (κ2) is 5.27. The molecule has 92 valence electrons. The molecule has 0 amide bonds. The van der Waals surface area contributed by atoms with E-state index in [1.807, 2.05) is 6.07 Å². The fourth-order valence-electron chi connectivity index (χ4n) is 2.20. The number of hydrogen-bond donors (Lipinski definition) is 0. The van der Waals surface area contributed by atoms with Gasteiger partial charge in [0.1, 0.15) is 5.82 Å². The number of carbonyl (C=O) groups excluding carboxylic acids is 1. The Morgan fingerprint density at radius 1 is 1.53 bits per heavy atom. The van der Waals surface area contributed by atoms with Crippen molar-refractivity contribution in [2.75, 3.05) is 20.2 Å². The normalized spacial score (nSPS) is 20.5. The number of hydrogen-bond acceptors (Lipinski definition) is 3. The van der Waals surface area contributed by atoms with E-state index < -0.39 is 0 Å². The van der Waals surface area contributed by atoms with Crippen LogP contribution in [0.25, 0.3) is 0 Å². The predicted molar refractivity (Wildman–Crippen MR) is 61.8 cm³/mol. The Balaban J connectivity index is 1.94. The van der Waals surface area contributed by atoms with Crippen molar-refractivity contribution in [2.45, 2.75) is 13.0 Å². The molecule has 1 atom stereocenters. The van der Waals surface area contributed by atoms with Crippen LogP contribution in [-0.4, -0.2) is 31.1 Å². The van der Waals surface area contributed by atoms with Crippen LogP contribution in [0.15, 0.2) is 24.3 Å². The predicted octanol–water partition coefficient (Wildman–Crippen LogP) is 1.82. The van der Waals surface area contributed by atoms with E-state index in [0.717, 1.165) is 13.0 Å². The minimum absolute atomic E-state index is 0.0632. The largest absolute Gasteiger partial charge is 0.469 e. The molecule has 1 heterocycles. The van der Waals surface area contributed by atoms with Crippen LogP contribution in [0.3, 0.4) is 0 Å². The summed E-state index contributed by atoms with van der Waals surface area (Å²) in [6.45, 7) is 2.02. The van der Waals surface area contributed by atoms with Crippen LogP contribution in [0.4, 0.5) is 4.39 Å². The zero-order valence-electron chi connectivity index (χ0n) is 9.86. The topological polar surface area (TPSA) is 29.5 Å². The van der Waals surface area contributed by atoms with Crippen LogP contribution in [0.5, 0.6) is 0 Å². The Morgan fingerprint density at radius 3 is 3.00 bits per heavy atom. The van der Waals surface area contributed by atoms with Crippen LogP contribution in [0.1, 0.15) is 12.0 Å². The van der Waals surface area contributed by atoms with Gasteiger partial charge in [0.2, 0.25) is 0 Å². The van der Waals surface area contributed by atoms with Crippen LogP contribution < -0.4 is 0 Å². The monoisotopic (exact) mass is 237 g/mol. The molecule has 0 saturated carbocycles. The number of methoxy groups -OCH3 is 1. The molecular formula is C13H16FNO2. The van der Waals surface area contributed by atoms with Gasteiger partial charge in [0.25, 0.3) is 0 Å². The lowest BCUT2D eigenvalue weighted by Gasteiger charge is -2.15. The van der Waals surface area contributed by atoms with Gasteiger partial charge in [-0.05, 0) is 19.0 Å². The summed E-state index contributed by atoms with van der Waals surface area (Å²) in [5.41, 5.74) is 0.679. The fourth-order valence-corrected chi connectivity index (χ4v) is 2.20. The molecule has 1 aliphatic heterocycles. The average Bonchev–Trinajstić information content (AvgIpc) is 2.80. The van der Waals surface area contributed by atoms with Crippen LogP contribution in [0, 0.1) is 11.7 Å². The molecule has 17 heavy (non-hydrogen) atoms. The van der Waals surface area contributed by atoms with Gasteiger partial charge in [-0.25, -0.2) is 4.39 Å². The van der Waals surface area contributed by atoms with Gasteiger partial charge in [-0.15, -0.1) is 0 Å². The van der Waals surface area contributed by atoms with Crippen molar-refractivity contribution in [3.8, 4) is 0 Å². The van der Waals surface area contributed by atoms with Crippen molar-refractivity contribution >= 4 is 5.97 Å². The maximum atomic E-state index is 13.4. The summed E-state index contributed by atoms with van der Waals surface area (Å²) in [7, 11) is 1.40. The summed E-state index contributed by atoms with van der Waals surface area (Å²) in [6, 6.07) is 6.75. The standard InChI is InChI=1S/C13H16FNO2/c1-17-13(16)11-6-7-15(9-11)8-10-4-2-3-5-12(10)14/h2-5,11H,6-9H2,1H3. The molecule has 1 saturated heterocycles. The number of benzene rings is 1. The number of halogens is 1. The van der Waals surface area contributed by atoms with E-state index in [2.05, 4.69) is 4.90 Å². The minimum Gasteiger partial charge on any atom is -0.469 e. The third-order valence-corrected chi connectivity index (χ3v) is 3.16. The van der Waals surface area contributed by atoms with Gasteiger partial charge < -0.3 is 4.74 Å². The quantitative estimate of drug-likeness (QED) is 0.751. The molecule has 0 radical (unpaired) electrons. The molecule has 1 fully saturated rings. The maximum Gasteiger partial charge on any atom is 0.310 e. The molecule has 0 N–H and O–H groups in total. The number of rotatable bonds is 3. The lowest BCUT2D eigenvalue weighted by atomic mass is 10.1. The summed E-state index contributed by atoms with van der Waals surface area (Å²) >= 11 is 0. The average molecular weight is 237 g/mol. The molecule has 0 aliphatic carbocycles. The van der Waals surface area contributed by atoms with Crippen molar-refractivity contribution in [1.29, 1.82) is 0 Å². The summed E-state index contributed by atoms with van der Waals surface area (Å²) in [6.07, 6.45) is 0.793. The highest BCUT2D eigenvalue weighted by atomic mass is 19.1. The molecule has 0 aromatic heterocycles. The first-order valence-electron chi connectivity index (χ1n) is 5.74. The lowest BCUT2D eigenvalue weighted by Crippen LogP contribution is -2.24. The second-order valence-electron chi connectivity index (χ2n) is 4.34. The molecular weight excluding hydrogens is 221 g/mol. The van der Waals surface area contributed by atoms with Gasteiger partial charge in [0.15, 0.2) is 0 Å². The smallest absolute Gasteiger partial charge is 0.310 e. The maximum absolute atomic E-state index is 13.4. The van der Waals surface area contributed by atoms with Crippen molar-refractivity contribution in [3.63, 3.8) is 0 Å². The number of ether oxygens (including phenoxy) is 1. The first kappa shape index (κ1) is 12.0. The van der Waals surface area contributed by atoms with Gasteiger partial charge in [0, 0.05) is 18.7 Å². The van der Waals surface area contributed by atoms with E-state index in [1.165, 1.54) is 13.2 Å². The molecule has 2 rings (SSSR count). The Morgan fingerprint density at radius 2 is 2.29 bits per heavy atom. The highest BCUT2D eigenvalue weighted by Gasteiger charge is 2.29. The summed E-state index contributed by atoms with van der Waals surface area (Å²) in [4.78, 5) is 13.4. The Bertz CT molecular complexity index is 408. The summed E-state index contributed by atoms with van der Waals surface area (Å²) in [5.74, 6) is -0.415. The zero-order chi connectivity index (χ0) is 12.3. The van der Waals surface area contributed by atoms with Crippen LogP contribution in [0.2, 0.25) is 0 Å². The summed E-state index contributed by atoms with van der Waals surface area (Å²) in [5, 5.41) is 0. The Kier molecular flexibility index (Phi) is 3.74. The molecule has 1 aromatic rings. The number of carbonyl (C=O) groups is 1. The summed E-state index contributed by atoms with van der Waals surface area (Å²) < 4.78 is 18.2. The highest BCUT2D eigenvalue weighted by Crippen LogP contribution is 2.20. The van der Waals surface area contributed by atoms with Crippen molar-refractivity contribution in [1.82, 2.24) is 4.90 Å². The van der Waals surface area contributed by atoms with Crippen molar-refractivity contribution in [3.05, 3.63) is 35.6 Å².